The molecule has 0 spiro atoms. The topological polar surface area (TPSA) is 77.6 Å². The molecule has 1 atom stereocenters. The highest BCUT2D eigenvalue weighted by molar-refractivity contribution is 5.95. The Balaban J connectivity index is 2.09. The number of nitrogens with zero attached hydrogens (tertiary/aromatic N) is 5. The molecule has 0 aliphatic carbocycles. The second kappa shape index (κ2) is 7.20. The Morgan fingerprint density at radius 3 is 2.59 bits per heavy atom. The molecule has 0 fully saturated rings. The first-order valence-corrected chi connectivity index (χ1v) is 7.79. The molecule has 0 aliphatic rings. The van der Waals surface area contributed by atoms with Crippen LogP contribution in [0.1, 0.15) is 61.5 Å². The second-order valence-corrected chi connectivity index (χ2v) is 5.40. The van der Waals surface area contributed by atoms with Crippen molar-refractivity contribution < 1.29 is 4.79 Å². The van der Waals surface area contributed by atoms with Crippen molar-refractivity contribution in [1.82, 2.24) is 29.9 Å². The van der Waals surface area contributed by atoms with Gasteiger partial charge in [0.1, 0.15) is 12.2 Å². The van der Waals surface area contributed by atoms with Gasteiger partial charge >= 0.3 is 0 Å². The molecule has 2 rings (SSSR count). The van der Waals surface area contributed by atoms with Crippen LogP contribution in [-0.4, -0.2) is 30.5 Å². The zero-order chi connectivity index (χ0) is 16.1. The highest BCUT2D eigenvalue weighted by atomic mass is 16.1. The van der Waals surface area contributed by atoms with Crippen molar-refractivity contribution in [1.29, 1.82) is 0 Å². The Hall–Kier alpha value is -2.18. The van der Waals surface area contributed by atoms with E-state index >= 15 is 0 Å². The van der Waals surface area contributed by atoms with Crippen molar-refractivity contribution in [2.45, 2.75) is 59.7 Å². The van der Waals surface area contributed by atoms with E-state index in [9.17, 15) is 4.79 Å². The van der Waals surface area contributed by atoms with Crippen molar-refractivity contribution in [3.8, 4) is 0 Å². The van der Waals surface area contributed by atoms with Crippen LogP contribution in [0.2, 0.25) is 0 Å². The lowest BCUT2D eigenvalue weighted by molar-refractivity contribution is 0.0936. The standard InChI is InChI=1S/C15H24N6O/c1-5-7-20-12(4)13(9-17-20)15(22)19-11(3)14-16-10-18-21(14)8-6-2/h9-11H,5-8H2,1-4H3,(H,19,22). The summed E-state index contributed by atoms with van der Waals surface area (Å²) in [5.41, 5.74) is 1.50. The maximum Gasteiger partial charge on any atom is 0.255 e. The molecule has 2 heterocycles. The molecule has 1 unspecified atom stereocenters. The molecular weight excluding hydrogens is 280 g/mol. The first-order valence-electron chi connectivity index (χ1n) is 7.79. The third-order valence-corrected chi connectivity index (χ3v) is 3.60. The van der Waals surface area contributed by atoms with Gasteiger partial charge in [-0.25, -0.2) is 9.67 Å². The first-order chi connectivity index (χ1) is 10.6. The minimum atomic E-state index is -0.199. The molecule has 7 heteroatoms. The Kier molecular flexibility index (Phi) is 5.30. The van der Waals surface area contributed by atoms with E-state index in [1.807, 2.05) is 23.2 Å². The van der Waals surface area contributed by atoms with E-state index in [0.29, 0.717) is 5.56 Å². The highest BCUT2D eigenvalue weighted by Crippen LogP contribution is 2.13. The lowest BCUT2D eigenvalue weighted by atomic mass is 10.2. The summed E-state index contributed by atoms with van der Waals surface area (Å²) in [6, 6.07) is -0.199. The van der Waals surface area contributed by atoms with E-state index in [-0.39, 0.29) is 11.9 Å². The van der Waals surface area contributed by atoms with Crippen molar-refractivity contribution in [2.75, 3.05) is 0 Å². The predicted octanol–water partition coefficient (Wildman–Crippen LogP) is 2.09. The van der Waals surface area contributed by atoms with Crippen LogP contribution in [0.15, 0.2) is 12.5 Å². The van der Waals surface area contributed by atoms with Gasteiger partial charge in [0.25, 0.3) is 5.91 Å². The minimum Gasteiger partial charge on any atom is -0.342 e. The van der Waals surface area contributed by atoms with E-state index in [4.69, 9.17) is 0 Å². The molecule has 0 radical (unpaired) electrons. The highest BCUT2D eigenvalue weighted by Gasteiger charge is 2.19. The van der Waals surface area contributed by atoms with Crippen molar-refractivity contribution in [2.24, 2.45) is 0 Å². The zero-order valence-corrected chi connectivity index (χ0v) is 13.7. The molecule has 7 nitrogen and oxygen atoms in total. The normalized spacial score (nSPS) is 12.4. The number of nitrogens with one attached hydrogen (secondary N) is 1. The second-order valence-electron chi connectivity index (χ2n) is 5.40. The fraction of sp³-hybridized carbons (Fsp3) is 0.600. The molecule has 2 aromatic rings. The maximum absolute atomic E-state index is 12.4. The predicted molar refractivity (Wildman–Crippen MR) is 83.4 cm³/mol. The summed E-state index contributed by atoms with van der Waals surface area (Å²) in [7, 11) is 0. The van der Waals surface area contributed by atoms with Crippen LogP contribution >= 0.6 is 0 Å². The summed E-state index contributed by atoms with van der Waals surface area (Å²) in [6.07, 6.45) is 5.11. The Morgan fingerprint density at radius 1 is 1.23 bits per heavy atom. The van der Waals surface area contributed by atoms with Gasteiger partial charge in [-0.3, -0.25) is 9.48 Å². The molecule has 0 aromatic carbocycles. The van der Waals surface area contributed by atoms with Crippen LogP contribution < -0.4 is 5.32 Å². The number of amides is 1. The third kappa shape index (κ3) is 3.35. The van der Waals surface area contributed by atoms with Crippen molar-refractivity contribution in [3.05, 3.63) is 29.6 Å². The summed E-state index contributed by atoms with van der Waals surface area (Å²) in [5.74, 6) is 0.646. The van der Waals surface area contributed by atoms with Gasteiger partial charge in [0.15, 0.2) is 0 Å². The van der Waals surface area contributed by atoms with Crippen LogP contribution in [0.3, 0.4) is 0 Å². The third-order valence-electron chi connectivity index (χ3n) is 3.60. The first kappa shape index (κ1) is 16.2. The fourth-order valence-corrected chi connectivity index (χ4v) is 2.44. The summed E-state index contributed by atoms with van der Waals surface area (Å²) >= 11 is 0. The number of aryl methyl sites for hydroxylation is 2. The van der Waals surface area contributed by atoms with Gasteiger partial charge in [-0.1, -0.05) is 13.8 Å². The summed E-state index contributed by atoms with van der Waals surface area (Å²) in [4.78, 5) is 16.7. The molecule has 1 amide bonds. The molecule has 120 valence electrons. The Morgan fingerprint density at radius 2 is 1.91 bits per heavy atom. The SMILES string of the molecule is CCCn1ncnc1C(C)NC(=O)c1cnn(CCC)c1C. The lowest BCUT2D eigenvalue weighted by Crippen LogP contribution is -2.29. The maximum atomic E-state index is 12.4. The van der Waals surface area contributed by atoms with Gasteiger partial charge in [0, 0.05) is 18.8 Å². The van der Waals surface area contributed by atoms with Gasteiger partial charge < -0.3 is 5.32 Å². The van der Waals surface area contributed by atoms with Gasteiger partial charge in [0.2, 0.25) is 0 Å². The summed E-state index contributed by atoms with van der Waals surface area (Å²) < 4.78 is 3.69. The quantitative estimate of drug-likeness (QED) is 0.849. The molecule has 2 aromatic heterocycles. The molecule has 0 saturated heterocycles. The lowest BCUT2D eigenvalue weighted by Gasteiger charge is -2.14. The molecular formula is C15H24N6O. The monoisotopic (exact) mass is 304 g/mol. The summed E-state index contributed by atoms with van der Waals surface area (Å²) in [6.45, 7) is 9.62. The van der Waals surface area contributed by atoms with Gasteiger partial charge in [-0.15, -0.1) is 0 Å². The molecule has 22 heavy (non-hydrogen) atoms. The van der Waals surface area contributed by atoms with Crippen LogP contribution in [0.25, 0.3) is 0 Å². The van der Waals surface area contributed by atoms with Crippen LogP contribution in [0.4, 0.5) is 0 Å². The van der Waals surface area contributed by atoms with E-state index in [1.165, 1.54) is 6.33 Å². The number of rotatable bonds is 7. The summed E-state index contributed by atoms with van der Waals surface area (Å²) in [5, 5.41) is 11.4. The average molecular weight is 304 g/mol. The Bertz CT molecular complexity index is 630. The van der Waals surface area contributed by atoms with Crippen LogP contribution in [0, 0.1) is 6.92 Å². The van der Waals surface area contributed by atoms with E-state index in [0.717, 1.165) is 37.4 Å². The fourth-order valence-electron chi connectivity index (χ4n) is 2.44. The van der Waals surface area contributed by atoms with E-state index in [2.05, 4.69) is 34.3 Å². The Labute approximate surface area is 130 Å². The zero-order valence-electron chi connectivity index (χ0n) is 13.7. The van der Waals surface area contributed by atoms with Crippen LogP contribution in [-0.2, 0) is 13.1 Å². The number of carbonyl (C=O) groups excluding carboxylic acids is 1. The van der Waals surface area contributed by atoms with Crippen LogP contribution in [0.5, 0.6) is 0 Å². The van der Waals surface area contributed by atoms with Crippen molar-refractivity contribution in [3.63, 3.8) is 0 Å². The van der Waals surface area contributed by atoms with Gasteiger partial charge in [0.05, 0.1) is 17.8 Å². The largest absolute Gasteiger partial charge is 0.342 e. The van der Waals surface area contributed by atoms with E-state index < -0.39 is 0 Å². The van der Waals surface area contributed by atoms with E-state index in [1.54, 1.807) is 6.20 Å². The number of aromatic nitrogens is 5. The van der Waals surface area contributed by atoms with Gasteiger partial charge in [-0.05, 0) is 26.7 Å². The van der Waals surface area contributed by atoms with Crippen molar-refractivity contribution >= 4 is 5.91 Å². The number of hydrogen-bond acceptors (Lipinski definition) is 4. The molecule has 0 aliphatic heterocycles. The van der Waals surface area contributed by atoms with Gasteiger partial charge in [-0.2, -0.15) is 10.2 Å². The smallest absolute Gasteiger partial charge is 0.255 e. The average Bonchev–Trinajstić information content (AvgIpc) is 3.08. The minimum absolute atomic E-state index is 0.126. The molecule has 1 N–H and O–H groups in total. The molecule has 0 bridgehead atoms. The number of carbonyl (C=O) groups is 1. The number of hydrogen-bond donors (Lipinski definition) is 1. The molecule has 0 saturated carbocycles.